The van der Waals surface area contributed by atoms with Gasteiger partial charge in [0, 0.05) is 14.5 Å². The zero-order chi connectivity index (χ0) is 13.4. The number of rotatable bonds is 1. The van der Waals surface area contributed by atoms with Crippen LogP contribution in [-0.2, 0) is 0 Å². The third-order valence-corrected chi connectivity index (χ3v) is 3.99. The zero-order valence-electron chi connectivity index (χ0n) is 9.57. The number of nitrogens with zero attached hydrogens (tertiary/aromatic N) is 2. The lowest BCUT2D eigenvalue weighted by Crippen LogP contribution is -1.91. The molecule has 1 aromatic heterocycles. The lowest BCUT2D eigenvalue weighted by molar-refractivity contribution is 1.29. The molecule has 0 unspecified atom stereocenters. The van der Waals surface area contributed by atoms with Crippen molar-refractivity contribution in [2.75, 3.05) is 0 Å². The van der Waals surface area contributed by atoms with Crippen molar-refractivity contribution in [1.29, 1.82) is 0 Å². The van der Waals surface area contributed by atoms with Crippen molar-refractivity contribution in [3.8, 4) is 11.3 Å². The molecule has 0 spiro atoms. The van der Waals surface area contributed by atoms with Gasteiger partial charge in [0.25, 0.3) is 0 Å². The van der Waals surface area contributed by atoms with E-state index in [2.05, 4.69) is 41.8 Å². The monoisotopic (exact) mass is 396 g/mol. The Morgan fingerprint density at radius 1 is 0.789 bits per heavy atom. The Balaban J connectivity index is 2.21. The first-order valence-electron chi connectivity index (χ1n) is 5.52. The van der Waals surface area contributed by atoms with Gasteiger partial charge in [0.05, 0.1) is 11.0 Å². The lowest BCUT2D eigenvalue weighted by atomic mass is 10.1. The molecule has 0 saturated heterocycles. The summed E-state index contributed by atoms with van der Waals surface area (Å²) in [6.45, 7) is 0. The molecular weight excluding hydrogens is 391 g/mol. The quantitative estimate of drug-likeness (QED) is 0.543. The van der Waals surface area contributed by atoms with Crippen LogP contribution in [-0.4, -0.2) is 9.97 Å². The summed E-state index contributed by atoms with van der Waals surface area (Å²) in [6.07, 6.45) is 0. The molecule has 0 fully saturated rings. The first kappa shape index (κ1) is 13.0. The smallest absolute Gasteiger partial charge is 0.156 e. The Kier molecular flexibility index (Phi) is 3.56. The maximum atomic E-state index is 6.23. The standard InChI is InChI=1S/C14H7Br2ClN2/c15-9-3-1-8(2-4-9)13-14(17)19-12-7-10(16)5-6-11(12)18-13/h1-7H. The number of hydrogen-bond donors (Lipinski definition) is 0. The largest absolute Gasteiger partial charge is 0.243 e. The van der Waals surface area contributed by atoms with Crippen LogP contribution in [0.2, 0.25) is 5.15 Å². The average molecular weight is 398 g/mol. The molecule has 0 saturated carbocycles. The van der Waals surface area contributed by atoms with Crippen molar-refractivity contribution in [3.05, 3.63) is 56.6 Å². The summed E-state index contributed by atoms with van der Waals surface area (Å²) in [5.74, 6) is 0. The number of aromatic nitrogens is 2. The van der Waals surface area contributed by atoms with Crippen LogP contribution >= 0.6 is 43.5 Å². The molecule has 2 aromatic carbocycles. The molecule has 0 aliphatic carbocycles. The highest BCUT2D eigenvalue weighted by Crippen LogP contribution is 2.28. The van der Waals surface area contributed by atoms with Gasteiger partial charge in [0.15, 0.2) is 5.15 Å². The Bertz CT molecular complexity index is 757. The van der Waals surface area contributed by atoms with E-state index in [-0.39, 0.29) is 0 Å². The minimum atomic E-state index is 0.410. The maximum Gasteiger partial charge on any atom is 0.156 e. The van der Waals surface area contributed by atoms with Crippen LogP contribution in [0.3, 0.4) is 0 Å². The van der Waals surface area contributed by atoms with E-state index >= 15 is 0 Å². The summed E-state index contributed by atoms with van der Waals surface area (Å²) in [7, 11) is 0. The van der Waals surface area contributed by atoms with Gasteiger partial charge in [-0.1, -0.05) is 55.6 Å². The van der Waals surface area contributed by atoms with Crippen LogP contribution in [0.5, 0.6) is 0 Å². The van der Waals surface area contributed by atoms with Crippen LogP contribution in [0, 0.1) is 0 Å². The van der Waals surface area contributed by atoms with Gasteiger partial charge in [-0.2, -0.15) is 0 Å². The van der Waals surface area contributed by atoms with E-state index in [0.717, 1.165) is 25.5 Å². The van der Waals surface area contributed by atoms with Gasteiger partial charge in [-0.05, 0) is 30.3 Å². The van der Waals surface area contributed by atoms with E-state index in [0.29, 0.717) is 10.8 Å². The van der Waals surface area contributed by atoms with Crippen molar-refractivity contribution >= 4 is 54.5 Å². The molecule has 0 aliphatic heterocycles. The molecule has 0 amide bonds. The van der Waals surface area contributed by atoms with Gasteiger partial charge in [-0.3, -0.25) is 0 Å². The van der Waals surface area contributed by atoms with E-state index in [1.807, 2.05) is 42.5 Å². The molecular formula is C14H7Br2ClN2. The molecule has 0 aliphatic rings. The number of benzene rings is 2. The van der Waals surface area contributed by atoms with Crippen LogP contribution in [0.4, 0.5) is 0 Å². The summed E-state index contributed by atoms with van der Waals surface area (Å²) in [5, 5.41) is 0.410. The van der Waals surface area contributed by atoms with Gasteiger partial charge in [0.1, 0.15) is 5.69 Å². The predicted octanol–water partition coefficient (Wildman–Crippen LogP) is 5.48. The number of fused-ring (bicyclic) bond motifs is 1. The Morgan fingerprint density at radius 2 is 1.47 bits per heavy atom. The van der Waals surface area contributed by atoms with E-state index in [9.17, 15) is 0 Å². The fraction of sp³-hybridized carbons (Fsp3) is 0. The topological polar surface area (TPSA) is 25.8 Å². The minimum Gasteiger partial charge on any atom is -0.243 e. The van der Waals surface area contributed by atoms with Crippen LogP contribution < -0.4 is 0 Å². The molecule has 0 atom stereocenters. The molecule has 94 valence electrons. The first-order valence-corrected chi connectivity index (χ1v) is 7.48. The molecule has 1 heterocycles. The fourth-order valence-corrected chi connectivity index (χ4v) is 2.65. The van der Waals surface area contributed by atoms with Crippen LogP contribution in [0.25, 0.3) is 22.3 Å². The third-order valence-electron chi connectivity index (χ3n) is 2.70. The van der Waals surface area contributed by atoms with Gasteiger partial charge in [0.2, 0.25) is 0 Å². The van der Waals surface area contributed by atoms with E-state index < -0.39 is 0 Å². The van der Waals surface area contributed by atoms with Crippen LogP contribution in [0.1, 0.15) is 0 Å². The Morgan fingerprint density at radius 3 is 2.21 bits per heavy atom. The van der Waals surface area contributed by atoms with E-state index in [4.69, 9.17) is 11.6 Å². The van der Waals surface area contributed by atoms with Crippen molar-refractivity contribution in [3.63, 3.8) is 0 Å². The lowest BCUT2D eigenvalue weighted by Gasteiger charge is -2.06. The molecule has 19 heavy (non-hydrogen) atoms. The highest BCUT2D eigenvalue weighted by Gasteiger charge is 2.09. The molecule has 3 aromatic rings. The summed E-state index contributed by atoms with van der Waals surface area (Å²) in [5.41, 5.74) is 3.25. The van der Waals surface area contributed by atoms with Crippen molar-refractivity contribution in [2.45, 2.75) is 0 Å². The SMILES string of the molecule is Clc1nc2cc(Br)ccc2nc1-c1ccc(Br)cc1. The second-order valence-corrected chi connectivity index (χ2v) is 6.19. The van der Waals surface area contributed by atoms with Crippen molar-refractivity contribution in [1.82, 2.24) is 9.97 Å². The number of hydrogen-bond acceptors (Lipinski definition) is 2. The molecule has 3 rings (SSSR count). The first-order chi connectivity index (χ1) is 9.13. The molecule has 2 nitrogen and oxygen atoms in total. The normalized spacial score (nSPS) is 10.9. The summed E-state index contributed by atoms with van der Waals surface area (Å²) in [6, 6.07) is 13.6. The Hall–Kier alpha value is -0.970. The summed E-state index contributed by atoms with van der Waals surface area (Å²) < 4.78 is 1.98. The maximum absolute atomic E-state index is 6.23. The molecule has 0 N–H and O–H groups in total. The number of halogens is 3. The highest BCUT2D eigenvalue weighted by molar-refractivity contribution is 9.10. The third kappa shape index (κ3) is 2.66. The summed E-state index contributed by atoms with van der Waals surface area (Å²) in [4.78, 5) is 8.98. The highest BCUT2D eigenvalue weighted by atomic mass is 79.9. The van der Waals surface area contributed by atoms with Gasteiger partial charge >= 0.3 is 0 Å². The second kappa shape index (κ2) is 5.19. The predicted molar refractivity (Wildman–Crippen MR) is 85.4 cm³/mol. The molecule has 0 radical (unpaired) electrons. The minimum absolute atomic E-state index is 0.410. The zero-order valence-corrected chi connectivity index (χ0v) is 13.5. The van der Waals surface area contributed by atoms with Gasteiger partial charge in [-0.15, -0.1) is 0 Å². The Labute approximate surface area is 132 Å². The van der Waals surface area contributed by atoms with E-state index in [1.54, 1.807) is 0 Å². The van der Waals surface area contributed by atoms with Crippen LogP contribution in [0.15, 0.2) is 51.4 Å². The van der Waals surface area contributed by atoms with E-state index in [1.165, 1.54) is 0 Å². The fourth-order valence-electron chi connectivity index (χ4n) is 1.80. The van der Waals surface area contributed by atoms with Crippen molar-refractivity contribution in [2.24, 2.45) is 0 Å². The second-order valence-electron chi connectivity index (χ2n) is 4.00. The summed E-state index contributed by atoms with van der Waals surface area (Å²) >= 11 is 13.1. The van der Waals surface area contributed by atoms with Crippen molar-refractivity contribution < 1.29 is 0 Å². The average Bonchev–Trinajstić information content (AvgIpc) is 2.39. The molecule has 5 heteroatoms. The van der Waals surface area contributed by atoms with Gasteiger partial charge < -0.3 is 0 Å². The van der Waals surface area contributed by atoms with Gasteiger partial charge in [-0.25, -0.2) is 9.97 Å². The molecule has 0 bridgehead atoms.